The Morgan fingerprint density at radius 1 is 1.08 bits per heavy atom. The van der Waals surface area contributed by atoms with Crippen LogP contribution in [0.4, 0.5) is 14.5 Å². The van der Waals surface area contributed by atoms with Gasteiger partial charge in [-0.3, -0.25) is 9.59 Å². The molecule has 3 unspecified atom stereocenters. The molecule has 3 atom stereocenters. The van der Waals surface area contributed by atoms with Crippen LogP contribution in [0.2, 0.25) is 0 Å². The predicted molar refractivity (Wildman–Crippen MR) is 86.4 cm³/mol. The molecule has 4 rings (SSSR count). The lowest BCUT2D eigenvalue weighted by atomic mass is 10.0. The lowest BCUT2D eigenvalue weighted by molar-refractivity contribution is -0.138. The fourth-order valence-corrected chi connectivity index (χ4v) is 3.64. The summed E-state index contributed by atoms with van der Waals surface area (Å²) in [6.07, 6.45) is 0.440. The number of nitrogens with zero attached hydrogens (tertiary/aromatic N) is 1. The van der Waals surface area contributed by atoms with E-state index in [9.17, 15) is 23.5 Å². The second kappa shape index (κ2) is 5.65. The molecule has 1 aliphatic heterocycles. The number of rotatable bonds is 3. The summed E-state index contributed by atoms with van der Waals surface area (Å²) in [4.78, 5) is 25.8. The van der Waals surface area contributed by atoms with Crippen LogP contribution in [-0.4, -0.2) is 23.5 Å². The van der Waals surface area contributed by atoms with Gasteiger partial charge in [0.15, 0.2) is 0 Å². The summed E-state index contributed by atoms with van der Waals surface area (Å²) in [6, 6.07) is 10.2. The second-order valence-electron chi connectivity index (χ2n) is 6.51. The monoisotopic (exact) mass is 343 g/mol. The third-order valence-corrected chi connectivity index (χ3v) is 5.00. The zero-order valence-electron chi connectivity index (χ0n) is 13.2. The molecule has 2 aromatic rings. The maximum Gasteiger partial charge on any atom is 0.312 e. The van der Waals surface area contributed by atoms with Gasteiger partial charge in [-0.2, -0.15) is 0 Å². The van der Waals surface area contributed by atoms with Crippen LogP contribution >= 0.6 is 0 Å². The van der Waals surface area contributed by atoms with Crippen LogP contribution < -0.4 is 4.90 Å². The van der Waals surface area contributed by atoms with Gasteiger partial charge < -0.3 is 10.0 Å². The van der Waals surface area contributed by atoms with Crippen LogP contribution in [0, 0.1) is 17.6 Å². The van der Waals surface area contributed by atoms with E-state index in [0.717, 1.165) is 18.2 Å². The third kappa shape index (κ3) is 2.58. The smallest absolute Gasteiger partial charge is 0.312 e. The molecular weight excluding hydrogens is 328 g/mol. The largest absolute Gasteiger partial charge is 0.481 e. The molecule has 0 spiro atoms. The molecule has 2 aliphatic rings. The van der Waals surface area contributed by atoms with E-state index in [1.54, 1.807) is 24.3 Å². The van der Waals surface area contributed by atoms with E-state index in [1.165, 1.54) is 4.90 Å². The van der Waals surface area contributed by atoms with Crippen molar-refractivity contribution in [2.45, 2.75) is 18.3 Å². The van der Waals surface area contributed by atoms with Crippen molar-refractivity contribution < 1.29 is 23.5 Å². The quantitative estimate of drug-likeness (QED) is 0.930. The molecule has 1 saturated carbocycles. The van der Waals surface area contributed by atoms with Gasteiger partial charge in [0.2, 0.25) is 5.91 Å². The van der Waals surface area contributed by atoms with Crippen molar-refractivity contribution in [3.8, 4) is 0 Å². The highest BCUT2D eigenvalue weighted by atomic mass is 19.1. The summed E-state index contributed by atoms with van der Waals surface area (Å²) in [5, 5.41) is 9.38. The fraction of sp³-hybridized carbons (Fsp3) is 0.263. The molecule has 0 saturated heterocycles. The molecule has 0 aromatic heterocycles. The molecule has 4 nitrogen and oxygen atoms in total. The molecule has 25 heavy (non-hydrogen) atoms. The molecule has 1 N–H and O–H groups in total. The highest BCUT2D eigenvalue weighted by Gasteiger charge is 2.49. The topological polar surface area (TPSA) is 57.6 Å². The van der Waals surface area contributed by atoms with Gasteiger partial charge >= 0.3 is 5.97 Å². The van der Waals surface area contributed by atoms with Gasteiger partial charge in [0.1, 0.15) is 17.6 Å². The predicted octanol–water partition coefficient (Wildman–Crippen LogP) is 3.28. The number of carbonyl (C=O) groups is 2. The first-order valence-electron chi connectivity index (χ1n) is 8.05. The van der Waals surface area contributed by atoms with Crippen LogP contribution in [0.15, 0.2) is 42.5 Å². The Kier molecular flexibility index (Phi) is 3.56. The number of halogens is 2. The van der Waals surface area contributed by atoms with Crippen LogP contribution in [-0.2, 0) is 9.59 Å². The Hall–Kier alpha value is -2.76. The number of amides is 1. The molecule has 6 heteroatoms. The van der Waals surface area contributed by atoms with Gasteiger partial charge in [0.05, 0.1) is 0 Å². The van der Waals surface area contributed by atoms with E-state index in [-0.39, 0.29) is 23.9 Å². The summed E-state index contributed by atoms with van der Waals surface area (Å²) in [7, 11) is 0. The first-order valence-corrected chi connectivity index (χ1v) is 8.05. The van der Waals surface area contributed by atoms with Crippen molar-refractivity contribution in [1.29, 1.82) is 0 Å². The van der Waals surface area contributed by atoms with Crippen molar-refractivity contribution in [2.75, 3.05) is 11.4 Å². The van der Waals surface area contributed by atoms with Crippen LogP contribution in [0.5, 0.6) is 0 Å². The zero-order chi connectivity index (χ0) is 17.7. The van der Waals surface area contributed by atoms with E-state index < -0.39 is 29.4 Å². The Labute approximate surface area is 142 Å². The van der Waals surface area contributed by atoms with Gasteiger partial charge in [-0.1, -0.05) is 18.2 Å². The van der Waals surface area contributed by atoms with Gasteiger partial charge in [-0.25, -0.2) is 8.78 Å². The summed E-state index contributed by atoms with van der Waals surface area (Å²) < 4.78 is 27.3. The average Bonchev–Trinajstić information content (AvgIpc) is 3.29. The van der Waals surface area contributed by atoms with E-state index >= 15 is 0 Å². The number of hydrogen-bond donors (Lipinski definition) is 1. The van der Waals surface area contributed by atoms with E-state index in [1.807, 2.05) is 0 Å². The summed E-state index contributed by atoms with van der Waals surface area (Å²) in [6.45, 7) is 0.0718. The number of hydrogen-bond acceptors (Lipinski definition) is 2. The van der Waals surface area contributed by atoms with Crippen molar-refractivity contribution in [2.24, 2.45) is 5.92 Å². The Morgan fingerprint density at radius 2 is 1.84 bits per heavy atom. The highest BCUT2D eigenvalue weighted by molar-refractivity contribution is 6.01. The van der Waals surface area contributed by atoms with Crippen molar-refractivity contribution in [3.05, 3.63) is 65.2 Å². The molecule has 1 aliphatic carbocycles. The second-order valence-corrected chi connectivity index (χ2v) is 6.51. The molecular formula is C19H15F2NO3. The van der Waals surface area contributed by atoms with E-state index in [4.69, 9.17) is 0 Å². The lowest BCUT2D eigenvalue weighted by Crippen LogP contribution is -2.32. The average molecular weight is 343 g/mol. The van der Waals surface area contributed by atoms with Gasteiger partial charge in [-0.15, -0.1) is 0 Å². The number of aliphatic carboxylic acids is 1. The molecule has 1 fully saturated rings. The minimum atomic E-state index is -0.980. The van der Waals surface area contributed by atoms with Gasteiger partial charge in [0, 0.05) is 18.2 Å². The number of carboxylic acid groups (broad SMARTS) is 1. The van der Waals surface area contributed by atoms with E-state index in [0.29, 0.717) is 17.7 Å². The Bertz CT molecular complexity index is 883. The molecule has 0 bridgehead atoms. The van der Waals surface area contributed by atoms with Crippen LogP contribution in [0.1, 0.15) is 29.4 Å². The molecule has 1 heterocycles. The zero-order valence-corrected chi connectivity index (χ0v) is 13.2. The first kappa shape index (κ1) is 15.7. The minimum Gasteiger partial charge on any atom is -0.481 e. The maximum atomic E-state index is 13.9. The Morgan fingerprint density at radius 3 is 2.60 bits per heavy atom. The van der Waals surface area contributed by atoms with Gasteiger partial charge in [0.25, 0.3) is 0 Å². The van der Waals surface area contributed by atoms with Crippen molar-refractivity contribution in [3.63, 3.8) is 0 Å². The maximum absolute atomic E-state index is 13.9. The lowest BCUT2D eigenvalue weighted by Gasteiger charge is -2.17. The molecule has 2 aromatic carbocycles. The highest BCUT2D eigenvalue weighted by Crippen LogP contribution is 2.51. The number of anilines is 1. The summed E-state index contributed by atoms with van der Waals surface area (Å²) in [5.41, 5.74) is 1.41. The van der Waals surface area contributed by atoms with Crippen LogP contribution in [0.25, 0.3) is 0 Å². The van der Waals surface area contributed by atoms with E-state index in [2.05, 4.69) is 0 Å². The summed E-state index contributed by atoms with van der Waals surface area (Å²) in [5.74, 6) is -3.84. The fourth-order valence-electron chi connectivity index (χ4n) is 3.64. The van der Waals surface area contributed by atoms with Crippen molar-refractivity contribution in [1.82, 2.24) is 0 Å². The standard InChI is InChI=1S/C19H15F2NO3/c20-10-5-6-16(21)13(7-10)12-8-14(12)18(23)22-9-15(19(24)25)11-3-1-2-4-17(11)22/h1-7,12,14-15H,8-9H2,(H,24,25). The van der Waals surface area contributed by atoms with Crippen LogP contribution in [0.3, 0.4) is 0 Å². The number of para-hydroxylation sites is 1. The molecule has 0 radical (unpaired) electrons. The number of fused-ring (bicyclic) bond motifs is 1. The van der Waals surface area contributed by atoms with Gasteiger partial charge in [-0.05, 0) is 47.7 Å². The summed E-state index contributed by atoms with van der Waals surface area (Å²) >= 11 is 0. The first-order chi connectivity index (χ1) is 12.0. The SMILES string of the molecule is O=C(O)C1CN(C(=O)C2CC2c2cc(F)ccc2F)c2ccccc21. The third-order valence-electron chi connectivity index (χ3n) is 5.00. The van der Waals surface area contributed by atoms with Crippen molar-refractivity contribution >= 4 is 17.6 Å². The number of carbonyl (C=O) groups excluding carboxylic acids is 1. The molecule has 1 amide bonds. The normalized spacial score (nSPS) is 24.1. The number of benzene rings is 2. The minimum absolute atomic E-state index is 0.0718. The number of carboxylic acids is 1. The Balaban J connectivity index is 1.59. The molecule has 128 valence electrons.